The number of alkyl halides is 4. The van der Waals surface area contributed by atoms with Crippen molar-refractivity contribution in [2.45, 2.75) is 12.3 Å². The van der Waals surface area contributed by atoms with E-state index in [-0.39, 0.29) is 16.2 Å². The molecule has 18 heavy (non-hydrogen) atoms. The summed E-state index contributed by atoms with van der Waals surface area (Å²) in [5, 5.41) is 17.4. The first-order valence-corrected chi connectivity index (χ1v) is 5.06. The van der Waals surface area contributed by atoms with Crippen molar-refractivity contribution in [1.82, 2.24) is 0 Å². The van der Waals surface area contributed by atoms with Crippen LogP contribution in [0.3, 0.4) is 0 Å². The first-order valence-electron chi connectivity index (χ1n) is 4.68. The first-order chi connectivity index (χ1) is 8.24. The molecule has 0 saturated heterocycles. The molecule has 2 N–H and O–H groups in total. The van der Waals surface area contributed by atoms with Gasteiger partial charge < -0.3 is 14.8 Å². The molecule has 0 aliphatic heterocycles. The maximum absolute atomic E-state index is 12.6. The van der Waals surface area contributed by atoms with Gasteiger partial charge in [-0.2, -0.15) is 8.78 Å². The van der Waals surface area contributed by atoms with Gasteiger partial charge in [0.15, 0.2) is 6.61 Å². The van der Waals surface area contributed by atoms with Crippen molar-refractivity contribution < 1.29 is 32.3 Å². The van der Waals surface area contributed by atoms with Crippen molar-refractivity contribution >= 4 is 24.2 Å². The Morgan fingerprint density at radius 2 is 1.94 bits per heavy atom. The normalized spacial score (nSPS) is 11.8. The molecule has 9 heteroatoms. The molecule has 3 nitrogen and oxygen atoms in total. The van der Waals surface area contributed by atoms with E-state index < -0.39 is 26.1 Å². The molecule has 0 atom stereocenters. The Balaban J connectivity index is 2.75. The van der Waals surface area contributed by atoms with Gasteiger partial charge in [0.1, 0.15) is 5.75 Å². The molecule has 100 valence electrons. The van der Waals surface area contributed by atoms with E-state index in [9.17, 15) is 17.6 Å². The summed E-state index contributed by atoms with van der Waals surface area (Å²) in [6.07, 6.45) is -3.84. The lowest BCUT2D eigenvalue weighted by Crippen LogP contribution is -2.34. The van der Waals surface area contributed by atoms with Crippen LogP contribution in [-0.2, 0) is 0 Å². The van der Waals surface area contributed by atoms with E-state index in [0.717, 1.165) is 18.2 Å². The zero-order valence-electron chi connectivity index (χ0n) is 8.79. The number of hydrogen-bond acceptors (Lipinski definition) is 3. The fraction of sp³-hybridized carbons (Fsp3) is 0.333. The molecule has 0 amide bonds. The second-order valence-electron chi connectivity index (χ2n) is 3.41. The third-order valence-corrected chi connectivity index (χ3v) is 2.29. The molecular weight excluding hydrogens is 278 g/mol. The van der Waals surface area contributed by atoms with Gasteiger partial charge in [0.05, 0.1) is 5.02 Å². The van der Waals surface area contributed by atoms with Crippen LogP contribution in [0.1, 0.15) is 0 Å². The zero-order valence-corrected chi connectivity index (χ0v) is 9.54. The minimum Gasteiger partial charge on any atom is -0.486 e. The summed E-state index contributed by atoms with van der Waals surface area (Å²) < 4.78 is 53.3. The third kappa shape index (κ3) is 3.76. The van der Waals surface area contributed by atoms with E-state index >= 15 is 0 Å². The highest BCUT2D eigenvalue weighted by molar-refractivity contribution is 6.59. The van der Waals surface area contributed by atoms with Crippen LogP contribution in [-0.4, -0.2) is 36.1 Å². The van der Waals surface area contributed by atoms with Crippen molar-refractivity contribution in [3.63, 3.8) is 0 Å². The fourth-order valence-electron chi connectivity index (χ4n) is 1.03. The van der Waals surface area contributed by atoms with Crippen molar-refractivity contribution in [1.29, 1.82) is 0 Å². The van der Waals surface area contributed by atoms with E-state index in [0.29, 0.717) is 0 Å². The average Bonchev–Trinajstić information content (AvgIpc) is 2.26. The Labute approximate surface area is 105 Å². The van der Waals surface area contributed by atoms with E-state index in [1.165, 1.54) is 0 Å². The van der Waals surface area contributed by atoms with E-state index in [4.69, 9.17) is 21.6 Å². The monoisotopic (exact) mass is 286 g/mol. The van der Waals surface area contributed by atoms with E-state index in [2.05, 4.69) is 4.74 Å². The van der Waals surface area contributed by atoms with Crippen molar-refractivity contribution in [3.05, 3.63) is 23.2 Å². The molecule has 0 fully saturated rings. The fourth-order valence-corrected chi connectivity index (χ4v) is 1.28. The van der Waals surface area contributed by atoms with Gasteiger partial charge in [0.25, 0.3) is 0 Å². The molecule has 0 bridgehead atoms. The smallest absolute Gasteiger partial charge is 0.486 e. The predicted octanol–water partition coefficient (Wildman–Crippen LogP) is 1.30. The highest BCUT2D eigenvalue weighted by atomic mass is 35.5. The molecule has 0 heterocycles. The lowest BCUT2D eigenvalue weighted by atomic mass is 9.80. The molecular formula is C9H8BClF4O3. The number of rotatable bonds is 5. The van der Waals surface area contributed by atoms with Gasteiger partial charge in [-0.05, 0) is 17.6 Å². The summed E-state index contributed by atoms with van der Waals surface area (Å²) in [5.74, 6) is -4.53. The second kappa shape index (κ2) is 5.77. The summed E-state index contributed by atoms with van der Waals surface area (Å²) in [6, 6.07) is 3.31. The lowest BCUT2D eigenvalue weighted by Gasteiger charge is -2.16. The lowest BCUT2D eigenvalue weighted by molar-refractivity contribution is -0.148. The Morgan fingerprint density at radius 1 is 1.33 bits per heavy atom. The van der Waals surface area contributed by atoms with Gasteiger partial charge in [-0.15, -0.1) is 0 Å². The quantitative estimate of drug-likeness (QED) is 0.633. The van der Waals surface area contributed by atoms with Gasteiger partial charge in [-0.1, -0.05) is 17.7 Å². The number of benzene rings is 1. The van der Waals surface area contributed by atoms with E-state index in [1.54, 1.807) is 0 Å². The SMILES string of the molecule is OB(O)c1ccc(OCC(F)(F)C(F)F)c(Cl)c1. The van der Waals surface area contributed by atoms with Gasteiger partial charge in [0, 0.05) is 0 Å². The van der Waals surface area contributed by atoms with Crippen LogP contribution in [0.5, 0.6) is 5.75 Å². The van der Waals surface area contributed by atoms with Crippen molar-refractivity contribution in [2.75, 3.05) is 6.61 Å². The van der Waals surface area contributed by atoms with Crippen LogP contribution in [0.4, 0.5) is 17.6 Å². The summed E-state index contributed by atoms with van der Waals surface area (Å²) in [7, 11) is -1.78. The Bertz CT molecular complexity index is 417. The molecule has 1 aromatic rings. The molecule has 0 aromatic heterocycles. The molecule has 0 radical (unpaired) electrons. The van der Waals surface area contributed by atoms with Crippen LogP contribution in [0.2, 0.25) is 5.02 Å². The largest absolute Gasteiger partial charge is 0.488 e. The van der Waals surface area contributed by atoms with Crippen molar-refractivity contribution in [3.8, 4) is 5.75 Å². The molecule has 1 aromatic carbocycles. The topological polar surface area (TPSA) is 49.7 Å². The summed E-state index contributed by atoms with van der Waals surface area (Å²) >= 11 is 5.60. The van der Waals surface area contributed by atoms with Crippen LogP contribution < -0.4 is 10.2 Å². The van der Waals surface area contributed by atoms with Crippen LogP contribution in [0, 0.1) is 0 Å². The number of halogens is 5. The van der Waals surface area contributed by atoms with Crippen LogP contribution in [0.25, 0.3) is 0 Å². The second-order valence-corrected chi connectivity index (χ2v) is 3.82. The maximum atomic E-state index is 12.6. The molecule has 1 rings (SSSR count). The van der Waals surface area contributed by atoms with Crippen molar-refractivity contribution in [2.24, 2.45) is 0 Å². The van der Waals surface area contributed by atoms with Gasteiger partial charge in [0.2, 0.25) is 0 Å². The van der Waals surface area contributed by atoms with Crippen LogP contribution >= 0.6 is 11.6 Å². The Hall–Kier alpha value is -0.985. The molecule has 0 saturated carbocycles. The molecule has 0 aliphatic rings. The summed E-state index contributed by atoms with van der Waals surface area (Å²) in [6.45, 7) is -1.52. The molecule has 0 aliphatic carbocycles. The number of ether oxygens (including phenoxy) is 1. The Morgan fingerprint density at radius 3 is 2.39 bits per heavy atom. The molecule has 0 spiro atoms. The van der Waals surface area contributed by atoms with Gasteiger partial charge in [-0.3, -0.25) is 0 Å². The number of hydrogen-bond donors (Lipinski definition) is 2. The third-order valence-electron chi connectivity index (χ3n) is 1.99. The standard InChI is InChI=1S/C9H8BClF4O3/c11-6-3-5(10(16)17)1-2-7(6)18-4-9(14,15)8(12)13/h1-3,8,16-17H,4H2. The first kappa shape index (κ1) is 15.1. The van der Waals surface area contributed by atoms with Gasteiger partial charge >= 0.3 is 19.5 Å². The minimum absolute atomic E-state index is 0.0213. The van der Waals surface area contributed by atoms with E-state index in [1.807, 2.05) is 0 Å². The predicted molar refractivity (Wildman–Crippen MR) is 57.7 cm³/mol. The van der Waals surface area contributed by atoms with Gasteiger partial charge in [-0.25, -0.2) is 8.78 Å². The highest BCUT2D eigenvalue weighted by Crippen LogP contribution is 2.27. The highest BCUT2D eigenvalue weighted by Gasteiger charge is 2.41. The summed E-state index contributed by atoms with van der Waals surface area (Å²) in [4.78, 5) is 0. The van der Waals surface area contributed by atoms with Crippen LogP contribution in [0.15, 0.2) is 18.2 Å². The maximum Gasteiger partial charge on any atom is 0.488 e. The minimum atomic E-state index is -4.28. The average molecular weight is 286 g/mol. The Kier molecular flexibility index (Phi) is 4.83. The molecule has 0 unspecified atom stereocenters. The zero-order chi connectivity index (χ0) is 13.9. The summed E-state index contributed by atoms with van der Waals surface area (Å²) in [5.41, 5.74) is 0.0213.